The lowest BCUT2D eigenvalue weighted by Crippen LogP contribution is -2.42. The zero-order chi connectivity index (χ0) is 16.8. The molecule has 0 saturated carbocycles. The van der Waals surface area contributed by atoms with Gasteiger partial charge in [0, 0.05) is 38.2 Å². The van der Waals surface area contributed by atoms with Crippen molar-refractivity contribution in [2.24, 2.45) is 0 Å². The molecule has 0 aliphatic carbocycles. The monoisotopic (exact) mass is 324 g/mol. The Kier molecular flexibility index (Phi) is 6.07. The summed E-state index contributed by atoms with van der Waals surface area (Å²) in [7, 11) is 1.56. The number of rotatable bonds is 4. The third-order valence-electron chi connectivity index (χ3n) is 4.10. The molecule has 0 spiro atoms. The van der Waals surface area contributed by atoms with Gasteiger partial charge in [0.15, 0.2) is 0 Å². The first-order chi connectivity index (χ1) is 11.0. The Morgan fingerprint density at radius 3 is 2.70 bits per heavy atom. The van der Waals surface area contributed by atoms with Crippen molar-refractivity contribution in [2.75, 3.05) is 20.1 Å². The minimum absolute atomic E-state index is 0.000544. The van der Waals surface area contributed by atoms with E-state index in [4.69, 9.17) is 0 Å². The minimum Gasteiger partial charge on any atom is -0.340 e. The summed E-state index contributed by atoms with van der Waals surface area (Å²) < 4.78 is 26.6. The van der Waals surface area contributed by atoms with Crippen LogP contribution in [0.2, 0.25) is 0 Å². The van der Waals surface area contributed by atoms with Crippen LogP contribution in [0, 0.1) is 11.6 Å². The van der Waals surface area contributed by atoms with E-state index in [9.17, 15) is 18.4 Å². The van der Waals surface area contributed by atoms with Gasteiger partial charge in [-0.3, -0.25) is 9.59 Å². The smallest absolute Gasteiger partial charge is 0.242 e. The molecular weight excluding hydrogens is 302 g/mol. The maximum Gasteiger partial charge on any atom is 0.242 e. The number of amides is 2. The van der Waals surface area contributed by atoms with Crippen molar-refractivity contribution in [3.05, 3.63) is 35.4 Å². The quantitative estimate of drug-likeness (QED) is 0.854. The van der Waals surface area contributed by atoms with Gasteiger partial charge >= 0.3 is 0 Å². The molecule has 0 bridgehead atoms. The van der Waals surface area contributed by atoms with E-state index in [-0.39, 0.29) is 30.5 Å². The zero-order valence-electron chi connectivity index (χ0n) is 13.4. The van der Waals surface area contributed by atoms with Crippen LogP contribution in [0.3, 0.4) is 0 Å². The summed E-state index contributed by atoms with van der Waals surface area (Å²) in [6.45, 7) is 0.647. The van der Waals surface area contributed by atoms with Gasteiger partial charge in [0.05, 0.1) is 6.54 Å². The first kappa shape index (κ1) is 17.4. The average molecular weight is 324 g/mol. The SMILES string of the molecule is CN(Cc1ccc(F)cc1F)C(=O)CN1CCCCCCC1=O. The van der Waals surface area contributed by atoms with Gasteiger partial charge in [0.1, 0.15) is 11.6 Å². The fourth-order valence-electron chi connectivity index (χ4n) is 2.66. The van der Waals surface area contributed by atoms with Gasteiger partial charge in [-0.25, -0.2) is 8.78 Å². The highest BCUT2D eigenvalue weighted by Gasteiger charge is 2.21. The Morgan fingerprint density at radius 1 is 1.22 bits per heavy atom. The number of nitrogens with zero attached hydrogens (tertiary/aromatic N) is 2. The van der Waals surface area contributed by atoms with Crippen LogP contribution in [0.4, 0.5) is 8.78 Å². The van der Waals surface area contributed by atoms with E-state index >= 15 is 0 Å². The highest BCUT2D eigenvalue weighted by Crippen LogP contribution is 2.14. The second-order valence-corrected chi connectivity index (χ2v) is 5.97. The molecule has 6 heteroatoms. The van der Waals surface area contributed by atoms with Crippen LogP contribution in [0.5, 0.6) is 0 Å². The summed E-state index contributed by atoms with van der Waals surface area (Å²) >= 11 is 0. The van der Waals surface area contributed by atoms with Crippen molar-refractivity contribution in [3.8, 4) is 0 Å². The van der Waals surface area contributed by atoms with E-state index in [0.29, 0.717) is 13.0 Å². The van der Waals surface area contributed by atoms with Gasteiger partial charge < -0.3 is 9.80 Å². The molecule has 1 aliphatic heterocycles. The van der Waals surface area contributed by atoms with Crippen LogP contribution in [-0.4, -0.2) is 41.8 Å². The summed E-state index contributed by atoms with van der Waals surface area (Å²) in [4.78, 5) is 27.2. The minimum atomic E-state index is -0.674. The summed E-state index contributed by atoms with van der Waals surface area (Å²) in [5, 5.41) is 0. The lowest BCUT2D eigenvalue weighted by Gasteiger charge is -2.27. The summed E-state index contributed by atoms with van der Waals surface area (Å²) in [6, 6.07) is 3.30. The highest BCUT2D eigenvalue weighted by atomic mass is 19.1. The molecule has 1 aromatic carbocycles. The topological polar surface area (TPSA) is 40.6 Å². The molecule has 23 heavy (non-hydrogen) atoms. The predicted octanol–water partition coefficient (Wildman–Crippen LogP) is 2.72. The van der Waals surface area contributed by atoms with Crippen molar-refractivity contribution in [3.63, 3.8) is 0 Å². The average Bonchev–Trinajstić information content (AvgIpc) is 2.49. The standard InChI is InChI=1S/C17H22F2N2O2/c1-20(11-13-7-8-14(18)10-15(13)19)17(23)12-21-9-5-3-2-4-6-16(21)22/h7-8,10H,2-6,9,11-12H2,1H3. The van der Waals surface area contributed by atoms with Crippen LogP contribution in [0.25, 0.3) is 0 Å². The highest BCUT2D eigenvalue weighted by molar-refractivity contribution is 5.84. The first-order valence-electron chi connectivity index (χ1n) is 7.93. The fraction of sp³-hybridized carbons (Fsp3) is 0.529. The van der Waals surface area contributed by atoms with Gasteiger partial charge in [-0.15, -0.1) is 0 Å². The number of carbonyl (C=O) groups excluding carboxylic acids is 2. The zero-order valence-corrected chi connectivity index (χ0v) is 13.4. The molecule has 0 N–H and O–H groups in total. The van der Waals surface area contributed by atoms with Crippen molar-refractivity contribution in [1.82, 2.24) is 9.80 Å². The molecule has 1 saturated heterocycles. The van der Waals surface area contributed by atoms with Gasteiger partial charge in [-0.05, 0) is 18.9 Å². The Bertz CT molecular complexity index is 578. The maximum absolute atomic E-state index is 13.7. The molecular formula is C17H22F2N2O2. The molecule has 2 amide bonds. The molecule has 4 nitrogen and oxygen atoms in total. The Hall–Kier alpha value is -1.98. The lowest BCUT2D eigenvalue weighted by molar-refractivity contribution is -0.140. The third-order valence-corrected chi connectivity index (χ3v) is 4.10. The largest absolute Gasteiger partial charge is 0.340 e. The molecule has 0 aromatic heterocycles. The van der Waals surface area contributed by atoms with E-state index in [1.54, 1.807) is 11.9 Å². The summed E-state index contributed by atoms with van der Waals surface area (Å²) in [5.41, 5.74) is 0.251. The number of hydrogen-bond donors (Lipinski definition) is 0. The number of likely N-dealkylation sites (tertiary alicyclic amines) is 1. The van der Waals surface area contributed by atoms with Crippen LogP contribution in [-0.2, 0) is 16.1 Å². The normalized spacial score (nSPS) is 16.0. The van der Waals surface area contributed by atoms with Crippen LogP contribution in [0.1, 0.15) is 37.7 Å². The van der Waals surface area contributed by atoms with E-state index in [0.717, 1.165) is 31.7 Å². The Morgan fingerprint density at radius 2 is 1.96 bits per heavy atom. The van der Waals surface area contributed by atoms with Gasteiger partial charge in [-0.1, -0.05) is 18.9 Å². The second kappa shape index (κ2) is 8.04. The molecule has 0 atom stereocenters. The number of hydrogen-bond acceptors (Lipinski definition) is 2. The van der Waals surface area contributed by atoms with Crippen molar-refractivity contribution < 1.29 is 18.4 Å². The number of halogens is 2. The molecule has 1 heterocycles. The second-order valence-electron chi connectivity index (χ2n) is 5.97. The molecule has 1 aliphatic rings. The van der Waals surface area contributed by atoms with Gasteiger partial charge in [0.25, 0.3) is 0 Å². The summed E-state index contributed by atoms with van der Waals surface area (Å²) in [5.74, 6) is -1.57. The number of carbonyl (C=O) groups is 2. The van der Waals surface area contributed by atoms with Crippen LogP contribution < -0.4 is 0 Å². The molecule has 0 unspecified atom stereocenters. The van der Waals surface area contributed by atoms with E-state index in [2.05, 4.69) is 0 Å². The molecule has 126 valence electrons. The fourth-order valence-corrected chi connectivity index (χ4v) is 2.66. The Balaban J connectivity index is 1.94. The number of likely N-dealkylation sites (N-methyl/N-ethyl adjacent to an activating group) is 1. The van der Waals surface area contributed by atoms with Crippen molar-refractivity contribution >= 4 is 11.8 Å². The third kappa shape index (κ3) is 5.01. The van der Waals surface area contributed by atoms with Crippen molar-refractivity contribution in [1.29, 1.82) is 0 Å². The Labute approximate surface area is 135 Å². The van der Waals surface area contributed by atoms with Gasteiger partial charge in [-0.2, -0.15) is 0 Å². The molecule has 1 fully saturated rings. The molecule has 0 radical (unpaired) electrons. The van der Waals surface area contributed by atoms with Crippen molar-refractivity contribution in [2.45, 2.75) is 38.6 Å². The lowest BCUT2D eigenvalue weighted by atomic mass is 10.1. The summed E-state index contributed by atoms with van der Waals surface area (Å²) in [6.07, 6.45) is 4.35. The number of benzene rings is 1. The predicted molar refractivity (Wildman–Crippen MR) is 82.5 cm³/mol. The van der Waals surface area contributed by atoms with Crippen LogP contribution >= 0.6 is 0 Å². The van der Waals surface area contributed by atoms with E-state index in [1.807, 2.05) is 0 Å². The first-order valence-corrected chi connectivity index (χ1v) is 7.93. The molecule has 2 rings (SSSR count). The van der Waals surface area contributed by atoms with E-state index < -0.39 is 11.6 Å². The maximum atomic E-state index is 13.7. The molecule has 1 aromatic rings. The van der Waals surface area contributed by atoms with Gasteiger partial charge in [0.2, 0.25) is 11.8 Å². The van der Waals surface area contributed by atoms with E-state index in [1.165, 1.54) is 17.0 Å². The van der Waals surface area contributed by atoms with Crippen LogP contribution in [0.15, 0.2) is 18.2 Å².